The minimum Gasteiger partial charge on any atom is -0.497 e. The van der Waals surface area contributed by atoms with Gasteiger partial charge in [-0.1, -0.05) is 15.9 Å². The van der Waals surface area contributed by atoms with Gasteiger partial charge in [-0.05, 0) is 36.6 Å². The predicted octanol–water partition coefficient (Wildman–Crippen LogP) is 3.50. The van der Waals surface area contributed by atoms with Gasteiger partial charge >= 0.3 is 0 Å². The molecular weight excluding hydrogens is 256 g/mol. The summed E-state index contributed by atoms with van der Waals surface area (Å²) in [6.07, 6.45) is 2.61. The third-order valence-electron chi connectivity index (χ3n) is 2.76. The van der Waals surface area contributed by atoms with E-state index < -0.39 is 0 Å². The van der Waals surface area contributed by atoms with Crippen molar-refractivity contribution < 1.29 is 9.53 Å². The van der Waals surface area contributed by atoms with Crippen LogP contribution in [-0.4, -0.2) is 12.9 Å². The maximum atomic E-state index is 11.8. The Hall–Kier alpha value is -0.830. The van der Waals surface area contributed by atoms with Crippen LogP contribution in [0.5, 0.6) is 5.75 Å². The highest BCUT2D eigenvalue weighted by atomic mass is 79.9. The number of fused-ring (bicyclic) bond motifs is 1. The number of carbonyl (C=O) groups is 1. The van der Waals surface area contributed by atoms with E-state index in [1.165, 1.54) is 0 Å². The van der Waals surface area contributed by atoms with Crippen LogP contribution in [0, 0.1) is 0 Å². The quantitative estimate of drug-likeness (QED) is 0.576. The molecule has 1 aliphatic carbocycles. The van der Waals surface area contributed by atoms with Crippen molar-refractivity contribution in [1.82, 2.24) is 0 Å². The van der Waals surface area contributed by atoms with Crippen LogP contribution in [-0.2, 0) is 0 Å². The first-order valence-electron chi connectivity index (χ1n) is 5.07. The molecule has 3 heteroatoms. The second kappa shape index (κ2) is 4.35. The number of halogens is 1. The smallest absolute Gasteiger partial charge is 0.163 e. The van der Waals surface area contributed by atoms with Gasteiger partial charge in [-0.25, -0.2) is 0 Å². The fourth-order valence-electron chi connectivity index (χ4n) is 1.91. The van der Waals surface area contributed by atoms with Crippen LogP contribution in [0.15, 0.2) is 18.2 Å². The Morgan fingerprint density at radius 2 is 2.27 bits per heavy atom. The number of hydrogen-bond acceptors (Lipinski definition) is 2. The molecular formula is C12H13BrO2. The van der Waals surface area contributed by atoms with E-state index in [-0.39, 0.29) is 10.6 Å². The van der Waals surface area contributed by atoms with Gasteiger partial charge in [0, 0.05) is 16.8 Å². The summed E-state index contributed by atoms with van der Waals surface area (Å²) >= 11 is 3.62. The zero-order valence-electron chi connectivity index (χ0n) is 8.63. The van der Waals surface area contributed by atoms with E-state index in [4.69, 9.17) is 4.74 Å². The molecule has 0 amide bonds. The first-order chi connectivity index (χ1) is 7.22. The average molecular weight is 269 g/mol. The largest absolute Gasteiger partial charge is 0.497 e. The number of hydrogen-bond donors (Lipinski definition) is 0. The van der Waals surface area contributed by atoms with Crippen LogP contribution in [0.1, 0.15) is 40.0 Å². The number of ether oxygens (including phenoxy) is 1. The molecule has 0 saturated heterocycles. The molecule has 0 heterocycles. The lowest BCUT2D eigenvalue weighted by atomic mass is 10.0. The summed E-state index contributed by atoms with van der Waals surface area (Å²) in [6, 6.07) is 5.68. The van der Waals surface area contributed by atoms with Crippen molar-refractivity contribution in [2.45, 2.75) is 24.1 Å². The van der Waals surface area contributed by atoms with Crippen molar-refractivity contribution in [3.05, 3.63) is 29.3 Å². The topological polar surface area (TPSA) is 26.3 Å². The van der Waals surface area contributed by atoms with Gasteiger partial charge in [0.2, 0.25) is 0 Å². The Bertz CT molecular complexity index is 387. The molecule has 0 bridgehead atoms. The van der Waals surface area contributed by atoms with Crippen molar-refractivity contribution >= 4 is 21.7 Å². The number of benzene rings is 1. The highest BCUT2D eigenvalue weighted by molar-refractivity contribution is 9.09. The molecule has 1 aromatic rings. The molecule has 2 rings (SSSR count). The van der Waals surface area contributed by atoms with E-state index in [1.54, 1.807) is 7.11 Å². The summed E-state index contributed by atoms with van der Waals surface area (Å²) in [7, 11) is 1.64. The third kappa shape index (κ3) is 2.07. The summed E-state index contributed by atoms with van der Waals surface area (Å²) in [5, 5.41) is 0. The fraction of sp³-hybridized carbons (Fsp3) is 0.417. The van der Waals surface area contributed by atoms with Gasteiger partial charge in [-0.3, -0.25) is 4.79 Å². The standard InChI is InChI=1S/C12H13BrO2/c1-15-8-5-6-9-10(7-8)11(13)3-2-4-12(9)14/h5-7,11H,2-4H2,1H3/t11-/m0/s1. The normalized spacial score (nSPS) is 20.7. The SMILES string of the molecule is COc1ccc2c(c1)[C@@H](Br)CCCC2=O. The second-order valence-corrected chi connectivity index (χ2v) is 4.84. The van der Waals surface area contributed by atoms with Crippen LogP contribution in [0.3, 0.4) is 0 Å². The third-order valence-corrected chi connectivity index (χ3v) is 3.71. The first-order valence-corrected chi connectivity index (χ1v) is 5.99. The lowest BCUT2D eigenvalue weighted by Crippen LogP contribution is -2.01. The van der Waals surface area contributed by atoms with Crippen molar-refractivity contribution in [1.29, 1.82) is 0 Å². The van der Waals surface area contributed by atoms with Crippen LogP contribution < -0.4 is 4.74 Å². The maximum absolute atomic E-state index is 11.8. The van der Waals surface area contributed by atoms with E-state index in [2.05, 4.69) is 15.9 Å². The van der Waals surface area contributed by atoms with Crippen LogP contribution in [0.25, 0.3) is 0 Å². The number of rotatable bonds is 1. The summed E-state index contributed by atoms with van der Waals surface area (Å²) in [5.41, 5.74) is 1.91. The Morgan fingerprint density at radius 1 is 1.47 bits per heavy atom. The Labute approximate surface area is 97.8 Å². The number of ketones is 1. The number of carbonyl (C=O) groups excluding carboxylic acids is 1. The lowest BCUT2D eigenvalue weighted by molar-refractivity contribution is 0.0982. The molecule has 0 aromatic heterocycles. The molecule has 15 heavy (non-hydrogen) atoms. The Morgan fingerprint density at radius 3 is 3.00 bits per heavy atom. The zero-order valence-corrected chi connectivity index (χ0v) is 10.2. The van der Waals surface area contributed by atoms with E-state index in [0.717, 1.165) is 29.7 Å². The summed E-state index contributed by atoms with van der Waals surface area (Å²) in [4.78, 5) is 12.1. The van der Waals surface area contributed by atoms with Gasteiger partial charge in [-0.2, -0.15) is 0 Å². The van der Waals surface area contributed by atoms with Crippen LogP contribution in [0.4, 0.5) is 0 Å². The van der Waals surface area contributed by atoms with Crippen molar-refractivity contribution in [2.24, 2.45) is 0 Å². The zero-order chi connectivity index (χ0) is 10.8. The predicted molar refractivity (Wildman–Crippen MR) is 62.8 cm³/mol. The maximum Gasteiger partial charge on any atom is 0.163 e. The fourth-order valence-corrected chi connectivity index (χ4v) is 2.62. The molecule has 80 valence electrons. The van der Waals surface area contributed by atoms with Gasteiger partial charge in [0.05, 0.1) is 7.11 Å². The molecule has 0 unspecified atom stereocenters. The monoisotopic (exact) mass is 268 g/mol. The van der Waals surface area contributed by atoms with Crippen molar-refractivity contribution in [3.63, 3.8) is 0 Å². The molecule has 0 spiro atoms. The highest BCUT2D eigenvalue weighted by Gasteiger charge is 2.21. The number of Topliss-reactive ketones (excluding diaryl/α,β-unsaturated/α-hetero) is 1. The van der Waals surface area contributed by atoms with E-state index >= 15 is 0 Å². The number of methoxy groups -OCH3 is 1. The highest BCUT2D eigenvalue weighted by Crippen LogP contribution is 2.36. The summed E-state index contributed by atoms with van der Waals surface area (Å²) in [5.74, 6) is 1.06. The van der Waals surface area contributed by atoms with E-state index in [0.29, 0.717) is 6.42 Å². The van der Waals surface area contributed by atoms with Crippen LogP contribution in [0.2, 0.25) is 0 Å². The molecule has 0 N–H and O–H groups in total. The van der Waals surface area contributed by atoms with Crippen LogP contribution >= 0.6 is 15.9 Å². The minimum absolute atomic E-state index is 0.245. The van der Waals surface area contributed by atoms with E-state index in [1.807, 2.05) is 18.2 Å². The van der Waals surface area contributed by atoms with Gasteiger partial charge in [0.25, 0.3) is 0 Å². The van der Waals surface area contributed by atoms with Crippen molar-refractivity contribution in [3.8, 4) is 5.75 Å². The van der Waals surface area contributed by atoms with Gasteiger partial charge in [-0.15, -0.1) is 0 Å². The Kier molecular flexibility index (Phi) is 3.10. The average Bonchev–Trinajstić information content (AvgIpc) is 2.40. The minimum atomic E-state index is 0.245. The molecule has 1 aromatic carbocycles. The first kappa shape index (κ1) is 10.7. The molecule has 1 atom stereocenters. The molecule has 0 saturated carbocycles. The summed E-state index contributed by atoms with van der Waals surface area (Å²) < 4.78 is 5.17. The molecule has 0 aliphatic heterocycles. The molecule has 0 fully saturated rings. The number of alkyl halides is 1. The van der Waals surface area contributed by atoms with Crippen molar-refractivity contribution in [2.75, 3.05) is 7.11 Å². The summed E-state index contributed by atoms with van der Waals surface area (Å²) in [6.45, 7) is 0. The van der Waals surface area contributed by atoms with Gasteiger partial charge in [0.15, 0.2) is 5.78 Å². The second-order valence-electron chi connectivity index (χ2n) is 3.74. The van der Waals surface area contributed by atoms with Gasteiger partial charge in [0.1, 0.15) is 5.75 Å². The molecule has 1 aliphatic rings. The molecule has 2 nitrogen and oxygen atoms in total. The molecule has 0 radical (unpaired) electrons. The van der Waals surface area contributed by atoms with Gasteiger partial charge < -0.3 is 4.74 Å². The Balaban J connectivity index is 2.50. The van der Waals surface area contributed by atoms with E-state index in [9.17, 15) is 4.79 Å². The lowest BCUT2D eigenvalue weighted by Gasteiger charge is -2.11.